The van der Waals surface area contributed by atoms with E-state index in [-0.39, 0.29) is 35.7 Å². The molecule has 2 heterocycles. The lowest BCUT2D eigenvalue weighted by Gasteiger charge is -2.45. The number of likely N-dealkylation sites (tertiary alicyclic amines) is 1. The van der Waals surface area contributed by atoms with Crippen molar-refractivity contribution in [3.05, 3.63) is 40.3 Å². The molecule has 4 atom stereocenters. The molecule has 0 radical (unpaired) electrons. The van der Waals surface area contributed by atoms with Gasteiger partial charge >= 0.3 is 5.97 Å². The molecule has 2 saturated heterocycles. The molecule has 3 fully saturated rings. The fourth-order valence-electron chi connectivity index (χ4n) is 5.30. The van der Waals surface area contributed by atoms with Crippen LogP contribution in [0.1, 0.15) is 50.2 Å². The maximum absolute atomic E-state index is 13.3. The van der Waals surface area contributed by atoms with Crippen LogP contribution in [0.5, 0.6) is 0 Å². The second-order valence-corrected chi connectivity index (χ2v) is 10.7. The molecule has 4 rings (SSSR count). The van der Waals surface area contributed by atoms with Gasteiger partial charge in [-0.15, -0.1) is 11.8 Å². The van der Waals surface area contributed by atoms with Gasteiger partial charge in [-0.3, -0.25) is 14.4 Å². The highest BCUT2D eigenvalue weighted by Gasteiger charge is 2.44. The zero-order valence-electron chi connectivity index (χ0n) is 19.8. The lowest BCUT2D eigenvalue weighted by molar-refractivity contribution is -0.152. The maximum Gasteiger partial charge on any atom is 0.310 e. The number of carbonyl (C=O) groups is 3. The summed E-state index contributed by atoms with van der Waals surface area (Å²) in [5, 5.41) is 0.306. The molecule has 0 spiro atoms. The molecule has 1 aliphatic carbocycles. The van der Waals surface area contributed by atoms with Crippen LogP contribution in [0.3, 0.4) is 0 Å². The van der Waals surface area contributed by atoms with Gasteiger partial charge in [0, 0.05) is 37.3 Å². The lowest BCUT2D eigenvalue weighted by atomic mass is 9.83. The van der Waals surface area contributed by atoms with Crippen molar-refractivity contribution >= 4 is 35.6 Å². The van der Waals surface area contributed by atoms with E-state index in [1.807, 2.05) is 48.0 Å². The summed E-state index contributed by atoms with van der Waals surface area (Å²) < 4.78 is 5.18. The molecule has 2 aliphatic heterocycles. The minimum absolute atomic E-state index is 0.0398. The molecular formula is C26H34N2O4S. The molecule has 1 saturated carbocycles. The van der Waals surface area contributed by atoms with Gasteiger partial charge in [0.25, 0.3) is 5.91 Å². The molecule has 3 aliphatic rings. The predicted molar refractivity (Wildman–Crippen MR) is 130 cm³/mol. The van der Waals surface area contributed by atoms with Gasteiger partial charge in [0.05, 0.1) is 17.4 Å². The van der Waals surface area contributed by atoms with E-state index in [9.17, 15) is 14.4 Å². The van der Waals surface area contributed by atoms with Crippen molar-refractivity contribution in [2.45, 2.75) is 57.2 Å². The van der Waals surface area contributed by atoms with E-state index >= 15 is 0 Å². The summed E-state index contributed by atoms with van der Waals surface area (Å²) in [6.07, 6.45) is 6.04. The minimum atomic E-state index is -0.220. The average Bonchev–Trinajstić information content (AvgIpc) is 2.83. The number of benzene rings is 1. The van der Waals surface area contributed by atoms with Gasteiger partial charge in [0.2, 0.25) is 5.91 Å². The van der Waals surface area contributed by atoms with E-state index in [4.69, 9.17) is 4.74 Å². The summed E-state index contributed by atoms with van der Waals surface area (Å²) in [4.78, 5) is 43.2. The van der Waals surface area contributed by atoms with Gasteiger partial charge in [0.1, 0.15) is 0 Å². The van der Waals surface area contributed by atoms with E-state index in [0.717, 1.165) is 41.7 Å². The molecule has 33 heavy (non-hydrogen) atoms. The van der Waals surface area contributed by atoms with Gasteiger partial charge < -0.3 is 14.5 Å². The number of hydrogen-bond donors (Lipinski definition) is 0. The van der Waals surface area contributed by atoms with Crippen molar-refractivity contribution in [3.8, 4) is 0 Å². The van der Waals surface area contributed by atoms with Crippen LogP contribution in [0.25, 0.3) is 6.08 Å². The number of likely N-dealkylation sites (N-methyl/N-ethyl adjacent to an activating group) is 1. The first-order chi connectivity index (χ1) is 15.9. The Morgan fingerprint density at radius 1 is 1.18 bits per heavy atom. The number of nitrogens with zero attached hydrogens (tertiary/aromatic N) is 2. The fourth-order valence-corrected chi connectivity index (χ4v) is 6.77. The van der Waals surface area contributed by atoms with E-state index in [0.29, 0.717) is 31.4 Å². The summed E-state index contributed by atoms with van der Waals surface area (Å²) in [7, 11) is 1.87. The Kier molecular flexibility index (Phi) is 7.47. The van der Waals surface area contributed by atoms with E-state index in [2.05, 4.69) is 13.0 Å². The molecule has 6 nitrogen and oxygen atoms in total. The summed E-state index contributed by atoms with van der Waals surface area (Å²) in [6.45, 7) is 5.39. The van der Waals surface area contributed by atoms with E-state index in [1.165, 1.54) is 0 Å². The Morgan fingerprint density at radius 2 is 1.97 bits per heavy atom. The van der Waals surface area contributed by atoms with Crippen LogP contribution in [0.2, 0.25) is 0 Å². The summed E-state index contributed by atoms with van der Waals surface area (Å²) >= 11 is 1.67. The Labute approximate surface area is 200 Å². The van der Waals surface area contributed by atoms with Crippen LogP contribution in [0, 0.1) is 18.8 Å². The molecule has 178 valence electrons. The van der Waals surface area contributed by atoms with Crippen LogP contribution in [-0.2, 0) is 19.1 Å². The quantitative estimate of drug-likeness (QED) is 0.494. The monoisotopic (exact) mass is 470 g/mol. The van der Waals surface area contributed by atoms with Crippen LogP contribution >= 0.6 is 11.8 Å². The van der Waals surface area contributed by atoms with Gasteiger partial charge in [-0.05, 0) is 63.2 Å². The van der Waals surface area contributed by atoms with Crippen molar-refractivity contribution < 1.29 is 19.1 Å². The Hall–Kier alpha value is -2.28. The molecule has 2 amide bonds. The fraction of sp³-hybridized carbons (Fsp3) is 0.577. The van der Waals surface area contributed by atoms with Crippen molar-refractivity contribution in [1.82, 2.24) is 9.80 Å². The maximum atomic E-state index is 13.3. The van der Waals surface area contributed by atoms with Crippen molar-refractivity contribution in [2.24, 2.45) is 11.8 Å². The number of carbonyl (C=O) groups excluding carboxylic acids is 3. The first-order valence-corrected chi connectivity index (χ1v) is 12.9. The number of rotatable bonds is 4. The first-order valence-electron chi connectivity index (χ1n) is 12.1. The Morgan fingerprint density at radius 3 is 2.73 bits per heavy atom. The second kappa shape index (κ2) is 10.3. The number of amides is 2. The van der Waals surface area contributed by atoms with Crippen molar-refractivity contribution in [1.29, 1.82) is 0 Å². The zero-order chi connectivity index (χ0) is 23.5. The second-order valence-electron chi connectivity index (χ2n) is 9.39. The molecule has 1 aromatic carbocycles. The van der Waals surface area contributed by atoms with Crippen molar-refractivity contribution in [2.75, 3.05) is 26.7 Å². The average molecular weight is 471 g/mol. The molecule has 4 unspecified atom stereocenters. The molecule has 0 bridgehead atoms. The van der Waals surface area contributed by atoms with Crippen LogP contribution in [0.15, 0.2) is 29.2 Å². The molecular weight excluding hydrogens is 436 g/mol. The third-order valence-electron chi connectivity index (χ3n) is 7.24. The number of piperidine rings is 1. The topological polar surface area (TPSA) is 66.9 Å². The number of esters is 1. The predicted octanol–water partition coefficient (Wildman–Crippen LogP) is 3.88. The first kappa shape index (κ1) is 23.9. The number of aryl methyl sites for hydroxylation is 1. The SMILES string of the molecule is CCOC(=O)C1CCCN(C(=O)C2CCC3S/C(=C\c4ccccc4C)C(=O)N(C)C3C2)C1. The lowest BCUT2D eigenvalue weighted by Crippen LogP contribution is -2.53. The van der Waals surface area contributed by atoms with E-state index < -0.39 is 0 Å². The van der Waals surface area contributed by atoms with Crippen LogP contribution in [-0.4, -0.2) is 65.6 Å². The van der Waals surface area contributed by atoms with Gasteiger partial charge in [-0.1, -0.05) is 24.3 Å². The molecule has 0 N–H and O–H groups in total. The third kappa shape index (κ3) is 5.13. The van der Waals surface area contributed by atoms with Crippen LogP contribution < -0.4 is 0 Å². The van der Waals surface area contributed by atoms with E-state index in [1.54, 1.807) is 11.8 Å². The van der Waals surface area contributed by atoms with Gasteiger partial charge in [-0.2, -0.15) is 0 Å². The Balaban J connectivity index is 1.42. The van der Waals surface area contributed by atoms with Gasteiger partial charge in [0.15, 0.2) is 0 Å². The summed E-state index contributed by atoms with van der Waals surface area (Å²) in [6, 6.07) is 8.16. The zero-order valence-corrected chi connectivity index (χ0v) is 20.6. The standard InChI is InChI=1S/C26H34N2O4S/c1-4-32-26(31)20-10-7-13-28(16-20)24(29)19-11-12-22-21(14-19)27(3)25(30)23(33-22)15-18-9-6-5-8-17(18)2/h5-6,8-9,15,19-22H,4,7,10-14,16H2,1-3H3/b23-15-. The highest BCUT2D eigenvalue weighted by atomic mass is 32.2. The minimum Gasteiger partial charge on any atom is -0.466 e. The largest absolute Gasteiger partial charge is 0.466 e. The van der Waals surface area contributed by atoms with Crippen LogP contribution in [0.4, 0.5) is 0 Å². The number of thioether (sulfide) groups is 1. The number of hydrogen-bond acceptors (Lipinski definition) is 5. The third-order valence-corrected chi connectivity index (χ3v) is 8.64. The number of ether oxygens (including phenoxy) is 1. The summed E-state index contributed by atoms with van der Waals surface area (Å²) in [5.74, 6) is -0.333. The summed E-state index contributed by atoms with van der Waals surface area (Å²) in [5.41, 5.74) is 2.23. The highest BCUT2D eigenvalue weighted by Crippen LogP contribution is 2.44. The normalized spacial score (nSPS) is 29.1. The Bertz CT molecular complexity index is 946. The highest BCUT2D eigenvalue weighted by molar-refractivity contribution is 8.04. The smallest absolute Gasteiger partial charge is 0.310 e. The van der Waals surface area contributed by atoms with Crippen molar-refractivity contribution in [3.63, 3.8) is 0 Å². The molecule has 1 aromatic rings. The van der Waals surface area contributed by atoms with Gasteiger partial charge in [-0.25, -0.2) is 0 Å². The molecule has 7 heteroatoms. The number of fused-ring (bicyclic) bond motifs is 1. The molecule has 0 aromatic heterocycles.